The Hall–Kier alpha value is -1.46. The number of thiol groups is 1. The second-order valence-electron chi connectivity index (χ2n) is 3.85. The summed E-state index contributed by atoms with van der Waals surface area (Å²) in [4.78, 5) is 13.2. The van der Waals surface area contributed by atoms with E-state index in [9.17, 15) is 9.18 Å². The fraction of sp³-hybridized carbons (Fsp3) is 0.0714. The van der Waals surface area contributed by atoms with Crippen molar-refractivity contribution in [3.63, 3.8) is 0 Å². The third kappa shape index (κ3) is 3.52. The first kappa shape index (κ1) is 14.0. The van der Waals surface area contributed by atoms with Crippen LogP contribution in [0.1, 0.15) is 10.4 Å². The van der Waals surface area contributed by atoms with E-state index in [1.165, 1.54) is 18.2 Å². The van der Waals surface area contributed by atoms with E-state index in [-0.39, 0.29) is 10.8 Å². The first-order chi connectivity index (χ1) is 9.10. The number of anilines is 1. The monoisotopic (exact) mass is 293 g/mol. The van der Waals surface area contributed by atoms with Gasteiger partial charge >= 0.3 is 0 Å². The van der Waals surface area contributed by atoms with E-state index in [4.69, 9.17) is 0 Å². The van der Waals surface area contributed by atoms with Gasteiger partial charge in [-0.1, -0.05) is 6.07 Å². The lowest BCUT2D eigenvalue weighted by Gasteiger charge is -2.07. The van der Waals surface area contributed by atoms with Gasteiger partial charge in [0.05, 0.1) is 0 Å². The normalized spacial score (nSPS) is 10.3. The number of thioether (sulfide) groups is 1. The van der Waals surface area contributed by atoms with Crippen LogP contribution in [0.15, 0.2) is 52.3 Å². The second kappa shape index (κ2) is 6.12. The Morgan fingerprint density at radius 3 is 2.74 bits per heavy atom. The van der Waals surface area contributed by atoms with Crippen LogP contribution in [-0.4, -0.2) is 12.2 Å². The predicted octanol–water partition coefficient (Wildman–Crippen LogP) is 4.09. The molecule has 0 unspecified atom stereocenters. The zero-order chi connectivity index (χ0) is 13.8. The molecule has 1 N–H and O–H groups in total. The Morgan fingerprint density at radius 1 is 1.26 bits per heavy atom. The Balaban J connectivity index is 2.18. The molecular formula is C14H12FNOS2. The van der Waals surface area contributed by atoms with Crippen LogP contribution in [0.5, 0.6) is 0 Å². The molecule has 2 aromatic rings. The molecule has 0 aliphatic heterocycles. The van der Waals surface area contributed by atoms with Gasteiger partial charge in [-0.05, 0) is 42.7 Å². The zero-order valence-corrected chi connectivity index (χ0v) is 11.9. The number of benzene rings is 2. The number of hydrogen-bond donors (Lipinski definition) is 2. The van der Waals surface area contributed by atoms with E-state index < -0.39 is 5.82 Å². The molecule has 98 valence electrons. The van der Waals surface area contributed by atoms with Gasteiger partial charge in [0, 0.05) is 21.0 Å². The van der Waals surface area contributed by atoms with Crippen molar-refractivity contribution in [1.82, 2.24) is 0 Å². The Morgan fingerprint density at radius 2 is 2.05 bits per heavy atom. The minimum atomic E-state index is -0.440. The van der Waals surface area contributed by atoms with Crippen molar-refractivity contribution >= 4 is 36.0 Å². The smallest absolute Gasteiger partial charge is 0.255 e. The van der Waals surface area contributed by atoms with Crippen molar-refractivity contribution in [2.24, 2.45) is 0 Å². The minimum Gasteiger partial charge on any atom is -0.322 e. The van der Waals surface area contributed by atoms with Crippen LogP contribution in [0.3, 0.4) is 0 Å². The minimum absolute atomic E-state index is 0.158. The summed E-state index contributed by atoms with van der Waals surface area (Å²) >= 11 is 5.56. The van der Waals surface area contributed by atoms with Crippen LogP contribution < -0.4 is 5.32 Å². The summed E-state index contributed by atoms with van der Waals surface area (Å²) in [5, 5.41) is 2.77. The number of hydrogen-bond acceptors (Lipinski definition) is 3. The average Bonchev–Trinajstić information content (AvgIpc) is 2.42. The van der Waals surface area contributed by atoms with Gasteiger partial charge in [-0.3, -0.25) is 4.79 Å². The van der Waals surface area contributed by atoms with Crippen molar-refractivity contribution in [2.45, 2.75) is 9.79 Å². The number of carbonyl (C=O) groups excluding carboxylic acids is 1. The zero-order valence-electron chi connectivity index (χ0n) is 10.2. The molecule has 0 fully saturated rings. The second-order valence-corrected chi connectivity index (χ2v) is 5.21. The summed E-state index contributed by atoms with van der Waals surface area (Å²) in [5.74, 6) is -0.724. The van der Waals surface area contributed by atoms with E-state index in [1.807, 2.05) is 30.5 Å². The summed E-state index contributed by atoms with van der Waals surface area (Å²) < 4.78 is 13.1. The van der Waals surface area contributed by atoms with E-state index in [2.05, 4.69) is 17.9 Å². The van der Waals surface area contributed by atoms with Crippen molar-refractivity contribution in [2.75, 3.05) is 11.6 Å². The number of carbonyl (C=O) groups is 1. The number of halogens is 1. The van der Waals surface area contributed by atoms with Crippen molar-refractivity contribution in [1.29, 1.82) is 0 Å². The summed E-state index contributed by atoms with van der Waals surface area (Å²) in [7, 11) is 0. The van der Waals surface area contributed by atoms with Crippen molar-refractivity contribution < 1.29 is 9.18 Å². The van der Waals surface area contributed by atoms with Gasteiger partial charge in [0.2, 0.25) is 0 Å². The van der Waals surface area contributed by atoms with Gasteiger partial charge in [-0.2, -0.15) is 0 Å². The first-order valence-electron chi connectivity index (χ1n) is 5.54. The van der Waals surface area contributed by atoms with E-state index in [0.717, 1.165) is 4.90 Å². The van der Waals surface area contributed by atoms with Gasteiger partial charge < -0.3 is 5.32 Å². The van der Waals surface area contributed by atoms with Gasteiger partial charge in [0.1, 0.15) is 5.82 Å². The highest BCUT2D eigenvalue weighted by molar-refractivity contribution is 7.98. The molecule has 0 aliphatic carbocycles. The lowest BCUT2D eigenvalue weighted by molar-refractivity contribution is 0.102. The number of rotatable bonds is 3. The van der Waals surface area contributed by atoms with Crippen molar-refractivity contribution in [3.05, 3.63) is 53.8 Å². The number of nitrogens with one attached hydrogen (secondary N) is 1. The summed E-state index contributed by atoms with van der Waals surface area (Å²) in [6.45, 7) is 0. The van der Waals surface area contributed by atoms with Crippen LogP contribution >= 0.6 is 24.4 Å². The molecular weight excluding hydrogens is 281 g/mol. The SMILES string of the molecule is CSc1cccc(NC(=O)c2ccc(F)c(S)c2)c1. The van der Waals surface area contributed by atoms with Crippen molar-refractivity contribution in [3.8, 4) is 0 Å². The molecule has 2 aromatic carbocycles. The van der Waals surface area contributed by atoms with Crippen LogP contribution in [0, 0.1) is 5.82 Å². The maximum atomic E-state index is 13.1. The number of amides is 1. The quantitative estimate of drug-likeness (QED) is 0.659. The standard InChI is InChI=1S/C14H12FNOS2/c1-19-11-4-2-3-10(8-11)16-14(17)9-5-6-12(15)13(18)7-9/h2-8,18H,1H3,(H,16,17). The summed E-state index contributed by atoms with van der Waals surface area (Å²) in [6.07, 6.45) is 1.97. The van der Waals surface area contributed by atoms with Crippen LogP contribution in [0.4, 0.5) is 10.1 Å². The van der Waals surface area contributed by atoms with E-state index in [0.29, 0.717) is 11.3 Å². The molecule has 0 aliphatic rings. The van der Waals surface area contributed by atoms with Crippen LogP contribution in [0.25, 0.3) is 0 Å². The lowest BCUT2D eigenvalue weighted by atomic mass is 10.2. The molecule has 0 spiro atoms. The third-order valence-electron chi connectivity index (χ3n) is 2.54. The molecule has 0 heterocycles. The topological polar surface area (TPSA) is 29.1 Å². The fourth-order valence-electron chi connectivity index (χ4n) is 1.56. The highest BCUT2D eigenvalue weighted by Gasteiger charge is 2.08. The third-order valence-corrected chi connectivity index (χ3v) is 3.60. The van der Waals surface area contributed by atoms with Crippen LogP contribution in [0.2, 0.25) is 0 Å². The molecule has 0 saturated heterocycles. The van der Waals surface area contributed by atoms with Gasteiger partial charge in [0.25, 0.3) is 5.91 Å². The molecule has 1 amide bonds. The molecule has 0 radical (unpaired) electrons. The van der Waals surface area contributed by atoms with E-state index in [1.54, 1.807) is 11.8 Å². The summed E-state index contributed by atoms with van der Waals surface area (Å²) in [6, 6.07) is 11.6. The largest absolute Gasteiger partial charge is 0.322 e. The van der Waals surface area contributed by atoms with Gasteiger partial charge in [-0.25, -0.2) is 4.39 Å². The molecule has 0 bridgehead atoms. The lowest BCUT2D eigenvalue weighted by Crippen LogP contribution is -2.12. The first-order valence-corrected chi connectivity index (χ1v) is 7.21. The molecule has 0 saturated carbocycles. The molecule has 2 nitrogen and oxygen atoms in total. The van der Waals surface area contributed by atoms with Gasteiger partial charge in [0.15, 0.2) is 0 Å². The molecule has 5 heteroatoms. The Labute approximate surface area is 120 Å². The highest BCUT2D eigenvalue weighted by atomic mass is 32.2. The maximum Gasteiger partial charge on any atom is 0.255 e. The molecule has 2 rings (SSSR count). The molecule has 0 aromatic heterocycles. The fourth-order valence-corrected chi connectivity index (χ4v) is 2.23. The Kier molecular flexibility index (Phi) is 4.50. The predicted molar refractivity (Wildman–Crippen MR) is 79.8 cm³/mol. The molecule has 0 atom stereocenters. The molecule has 19 heavy (non-hydrogen) atoms. The van der Waals surface area contributed by atoms with Crippen LogP contribution in [-0.2, 0) is 0 Å². The highest BCUT2D eigenvalue weighted by Crippen LogP contribution is 2.20. The maximum absolute atomic E-state index is 13.1. The van der Waals surface area contributed by atoms with Gasteiger partial charge in [-0.15, -0.1) is 24.4 Å². The average molecular weight is 293 g/mol. The summed E-state index contributed by atoms with van der Waals surface area (Å²) in [5.41, 5.74) is 1.09. The Bertz CT molecular complexity index is 616. The van der Waals surface area contributed by atoms with E-state index >= 15 is 0 Å².